The van der Waals surface area contributed by atoms with Crippen LogP contribution in [0.3, 0.4) is 0 Å². The van der Waals surface area contributed by atoms with Crippen LogP contribution in [0.2, 0.25) is 20.1 Å². The van der Waals surface area contributed by atoms with Crippen molar-refractivity contribution in [2.75, 3.05) is 176 Å². The van der Waals surface area contributed by atoms with Crippen molar-refractivity contribution in [2.24, 2.45) is 0 Å². The molecule has 9 aliphatic heterocycles. The number of nitrogens with zero attached hydrogens (tertiary/aromatic N) is 21. The zero-order valence-electron chi connectivity index (χ0n) is 67.8. The fourth-order valence-electron chi connectivity index (χ4n) is 19.1. The fourth-order valence-corrected chi connectivity index (χ4v) is 20.0. The van der Waals surface area contributed by atoms with E-state index in [4.69, 9.17) is 95.3 Å². The van der Waals surface area contributed by atoms with Crippen LogP contribution in [-0.2, 0) is 48.5 Å². The standard InChI is InChI=1S/C86H103Cl4N21O7/c1-9-76(112)109-33-30-106(44-58(109)17-23-91)81-64-20-27-103(73-16-12-15-67(87)53(73)4)47-70(64)94-85(98-81)117-51-62-36-56(42-101(62)6)54-38-68(88)79(90)74(40-54)104-28-21-65-71(48-104)95-86(99-82(65)107-31-34-110(77(113)10-2)59(45-107)18-24-92)118-52-63-37-57(43-102(63)7)55-39-69(89)80(115-8)75(41-55)105-29-22-66-72(49-105)96-84(116-50-61-14-13-26-100(61)5)97-83(66)108-32-35-111(78(114)11-3)60(46-108)19-25-93/h9-12,15-16,38-41,56-63,78,114H,1-3,13-14,17-22,26-37,42-52H2,4-8H3/t56?,57?,58-,59-,60-,61-,62-,63-,78?/m0/s1. The maximum atomic E-state index is 13.3. The highest BCUT2D eigenvalue weighted by atomic mass is 35.5. The van der Waals surface area contributed by atoms with Crippen LogP contribution in [0, 0.1) is 40.9 Å². The van der Waals surface area contributed by atoms with Crippen LogP contribution in [0.15, 0.2) is 80.4 Å². The lowest BCUT2D eigenvalue weighted by Crippen LogP contribution is -2.56. The monoisotopic (exact) mass is 1680 g/mol. The summed E-state index contributed by atoms with van der Waals surface area (Å²) >= 11 is 28.6. The molecule has 3 aromatic carbocycles. The summed E-state index contributed by atoms with van der Waals surface area (Å²) in [5, 5.41) is 42.9. The molecule has 118 heavy (non-hydrogen) atoms. The molecule has 1 N–H and O–H groups in total. The SMILES string of the molecule is C=CC(=O)N1CCN(c2nc(OC[C@@H]3CC(c4cc(Cl)c(Cl)c(N5CCc6c(nc(OC[C@@H]7CC(c8cc(Cl)c(OC)c(N9CCc%10c(nc(OC[C@@H]%11CCCN%11C)nc%10N%10CCN(C(O)C=C)[C@@H](CC#N)C%10)C9)c8)CN7C)nc6N6CCN(C(=O)C=C)[C@@H](CC#N)C6)C5)c4)CN3C)nc3c2CCN(c2cccc(Cl)c2C)C3)C[C@@H]1CC#N. The Morgan fingerprint density at radius 2 is 0.975 bits per heavy atom. The maximum absolute atomic E-state index is 13.3. The van der Waals surface area contributed by atoms with E-state index < -0.39 is 12.3 Å². The number of hydrogen-bond acceptors (Lipinski definition) is 26. The number of anilines is 6. The zero-order valence-corrected chi connectivity index (χ0v) is 70.8. The number of benzene rings is 3. The number of methoxy groups -OCH3 is 1. The molecule has 0 aliphatic carbocycles. The molecule has 6 fully saturated rings. The number of nitriles is 3. The third kappa shape index (κ3) is 17.5. The first kappa shape index (κ1) is 83.5. The zero-order chi connectivity index (χ0) is 82.7. The minimum Gasteiger partial charge on any atom is -0.493 e. The summed E-state index contributed by atoms with van der Waals surface area (Å²) in [5.41, 5.74) is 11.2. The number of fused-ring (bicyclic) bond motifs is 3. The molecule has 28 nitrogen and oxygen atoms in total. The van der Waals surface area contributed by atoms with Gasteiger partial charge in [-0.15, -0.1) is 0 Å². The largest absolute Gasteiger partial charge is 0.493 e. The molecule has 6 saturated heterocycles. The molecule has 12 heterocycles. The average Bonchev–Trinajstić information content (AvgIpc) is 0.901. The normalized spacial score (nSPS) is 23.4. The molecule has 0 bridgehead atoms. The molecule has 3 unspecified atom stereocenters. The molecule has 0 spiro atoms. The number of likely N-dealkylation sites (tertiary alicyclic amines) is 3. The van der Waals surface area contributed by atoms with Crippen LogP contribution in [-0.4, -0.2) is 265 Å². The van der Waals surface area contributed by atoms with E-state index in [0.717, 1.165) is 118 Å². The van der Waals surface area contributed by atoms with Gasteiger partial charge in [-0.05, 0) is 163 Å². The van der Waals surface area contributed by atoms with Gasteiger partial charge in [-0.25, -0.2) is 0 Å². The van der Waals surface area contributed by atoms with Gasteiger partial charge in [0.2, 0.25) is 11.8 Å². The molecule has 0 radical (unpaired) electrons. The summed E-state index contributed by atoms with van der Waals surface area (Å²) in [6.07, 6.45) is 9.22. The van der Waals surface area contributed by atoms with Crippen LogP contribution in [0.25, 0.3) is 0 Å². The molecular formula is C86H103Cl4N21O7. The Morgan fingerprint density at radius 3 is 1.44 bits per heavy atom. The summed E-state index contributed by atoms with van der Waals surface area (Å²) in [6.45, 7) is 24.2. The fraction of sp³-hybridized carbons (Fsp3) is 0.523. The second-order valence-corrected chi connectivity index (χ2v) is 34.2. The molecule has 9 atom stereocenters. The maximum Gasteiger partial charge on any atom is 0.318 e. The van der Waals surface area contributed by atoms with Gasteiger partial charge in [0, 0.05) is 143 Å². The van der Waals surface area contributed by atoms with Crippen LogP contribution in [0.1, 0.15) is 107 Å². The molecule has 3 aromatic heterocycles. The lowest BCUT2D eigenvalue weighted by molar-refractivity contribution is -0.129. The van der Waals surface area contributed by atoms with Gasteiger partial charge in [0.25, 0.3) is 0 Å². The molecule has 9 aliphatic rings. The van der Waals surface area contributed by atoms with Gasteiger partial charge in [0.05, 0.1) is 120 Å². The van der Waals surface area contributed by atoms with E-state index in [2.05, 4.69) is 121 Å². The first-order chi connectivity index (χ1) is 57.1. The molecule has 6 aromatic rings. The van der Waals surface area contributed by atoms with Crippen LogP contribution < -0.4 is 48.3 Å². The summed E-state index contributed by atoms with van der Waals surface area (Å²) in [6, 6.07) is 21.2. The van der Waals surface area contributed by atoms with Gasteiger partial charge < -0.3 is 68.2 Å². The number of ether oxygens (including phenoxy) is 4. The van der Waals surface area contributed by atoms with Gasteiger partial charge in [-0.1, -0.05) is 72.2 Å². The van der Waals surface area contributed by atoms with Crippen molar-refractivity contribution < 1.29 is 33.6 Å². The molecule has 15 rings (SSSR count). The Labute approximate surface area is 710 Å². The van der Waals surface area contributed by atoms with Crippen molar-refractivity contribution in [1.82, 2.24) is 59.3 Å². The Hall–Kier alpha value is -9.51. The van der Waals surface area contributed by atoms with E-state index in [-0.39, 0.29) is 91.7 Å². The van der Waals surface area contributed by atoms with E-state index in [1.165, 1.54) is 18.2 Å². The van der Waals surface area contributed by atoms with Crippen molar-refractivity contribution in [1.29, 1.82) is 15.8 Å². The number of hydrogen-bond donors (Lipinski definition) is 1. The molecule has 0 saturated carbocycles. The summed E-state index contributed by atoms with van der Waals surface area (Å²) in [4.78, 5) is 83.1. The first-order valence-corrected chi connectivity index (χ1v) is 42.5. The minimum absolute atomic E-state index is 0.0278. The number of piperazine rings is 3. The highest BCUT2D eigenvalue weighted by Crippen LogP contribution is 2.47. The number of likely N-dealkylation sites (N-methyl/N-ethyl adjacent to an activating group) is 3. The first-order valence-electron chi connectivity index (χ1n) is 41.0. The number of halogens is 4. The Bertz CT molecular complexity index is 4930. The lowest BCUT2D eigenvalue weighted by atomic mass is 9.95. The van der Waals surface area contributed by atoms with E-state index in [1.807, 2.05) is 36.1 Å². The number of rotatable bonds is 25. The van der Waals surface area contributed by atoms with E-state index in [1.54, 1.807) is 16.9 Å². The van der Waals surface area contributed by atoms with Crippen LogP contribution in [0.4, 0.5) is 34.5 Å². The third-order valence-corrected chi connectivity index (χ3v) is 27.1. The molecular weight excluding hydrogens is 1580 g/mol. The van der Waals surface area contributed by atoms with E-state index >= 15 is 0 Å². The topological polar surface area (TPSA) is 279 Å². The molecule has 622 valence electrons. The minimum atomic E-state index is -0.873. The Kier molecular flexibility index (Phi) is 25.9. The summed E-state index contributed by atoms with van der Waals surface area (Å²) < 4.78 is 26.2. The van der Waals surface area contributed by atoms with Gasteiger partial charge in [0.15, 0.2) is 5.75 Å². The predicted molar refractivity (Wildman–Crippen MR) is 456 cm³/mol. The second kappa shape index (κ2) is 36.6. The molecule has 32 heteroatoms. The summed E-state index contributed by atoms with van der Waals surface area (Å²) in [7, 11) is 7.99. The van der Waals surface area contributed by atoms with Crippen LogP contribution >= 0.6 is 46.4 Å². The van der Waals surface area contributed by atoms with Crippen molar-refractivity contribution in [2.45, 2.75) is 145 Å². The number of amides is 2. The second-order valence-electron chi connectivity index (χ2n) is 32.6. The van der Waals surface area contributed by atoms with Gasteiger partial charge in [0.1, 0.15) is 43.5 Å². The smallest absolute Gasteiger partial charge is 0.318 e. The van der Waals surface area contributed by atoms with Gasteiger partial charge in [-0.3, -0.25) is 24.3 Å². The number of aromatic nitrogens is 6. The number of aliphatic hydroxyl groups is 1. The van der Waals surface area contributed by atoms with Crippen LogP contribution in [0.5, 0.6) is 23.8 Å². The van der Waals surface area contributed by atoms with Crippen molar-refractivity contribution in [3.8, 4) is 42.0 Å². The Balaban J connectivity index is 0.659. The molecule has 2 amide bonds. The van der Waals surface area contributed by atoms with Crippen molar-refractivity contribution in [3.05, 3.63) is 151 Å². The van der Waals surface area contributed by atoms with Crippen molar-refractivity contribution in [3.63, 3.8) is 0 Å². The Morgan fingerprint density at radius 1 is 0.525 bits per heavy atom. The van der Waals surface area contributed by atoms with Crippen molar-refractivity contribution >= 4 is 92.7 Å². The van der Waals surface area contributed by atoms with E-state index in [9.17, 15) is 30.5 Å². The highest BCUT2D eigenvalue weighted by molar-refractivity contribution is 6.43. The van der Waals surface area contributed by atoms with Gasteiger partial charge in [-0.2, -0.15) is 45.7 Å². The highest BCUT2D eigenvalue weighted by Gasteiger charge is 2.42. The predicted octanol–water partition coefficient (Wildman–Crippen LogP) is 10.0. The number of carbonyl (C=O) groups excluding carboxylic acids is 2. The van der Waals surface area contributed by atoms with E-state index in [0.29, 0.717) is 175 Å². The summed E-state index contributed by atoms with van der Waals surface area (Å²) in [5.74, 6) is 2.51. The number of carbonyl (C=O) groups is 2. The lowest BCUT2D eigenvalue weighted by Gasteiger charge is -2.43. The average molecular weight is 1680 g/mol. The third-order valence-electron chi connectivity index (χ3n) is 25.7. The number of aliphatic hydroxyl groups excluding tert-OH is 1. The quantitative estimate of drug-likeness (QED) is 0.0412. The van der Waals surface area contributed by atoms with Gasteiger partial charge >= 0.3 is 18.0 Å².